The molecule has 1 atom stereocenters. The molecule has 22 heavy (non-hydrogen) atoms. The molecule has 2 rings (SSSR count). The second-order valence-corrected chi connectivity index (χ2v) is 5.26. The minimum atomic E-state index is -1.22. The lowest BCUT2D eigenvalue weighted by Gasteiger charge is -2.17. The summed E-state index contributed by atoms with van der Waals surface area (Å²) >= 11 is 0. The van der Waals surface area contributed by atoms with Crippen molar-refractivity contribution in [2.45, 2.75) is 26.2 Å². The highest BCUT2D eigenvalue weighted by Crippen LogP contribution is 2.25. The molecule has 0 radical (unpaired) electrons. The van der Waals surface area contributed by atoms with Gasteiger partial charge < -0.3 is 19.5 Å². The van der Waals surface area contributed by atoms with E-state index in [0.717, 1.165) is 12.8 Å². The number of ether oxygens (including phenoxy) is 1. The Morgan fingerprint density at radius 2 is 2.00 bits per heavy atom. The average molecular weight is 304 g/mol. The summed E-state index contributed by atoms with van der Waals surface area (Å²) in [6.07, 6.45) is 1.71. The summed E-state index contributed by atoms with van der Waals surface area (Å²) < 4.78 is 5.10. The van der Waals surface area contributed by atoms with Crippen LogP contribution in [-0.4, -0.2) is 31.0 Å². The minimum absolute atomic E-state index is 0.0524. The smallest absolute Gasteiger partial charge is 0.338 e. The SMILES string of the molecule is CCCCOC(=O)c1ccc(N2C[C@@H](C(=O)[O-])CC2=O)cc1. The number of benzene rings is 1. The molecule has 1 aromatic rings. The number of aliphatic carboxylic acids is 1. The highest BCUT2D eigenvalue weighted by atomic mass is 16.5. The van der Waals surface area contributed by atoms with Crippen molar-refractivity contribution in [3.8, 4) is 0 Å². The van der Waals surface area contributed by atoms with Gasteiger partial charge in [-0.15, -0.1) is 0 Å². The fraction of sp³-hybridized carbons (Fsp3) is 0.438. The minimum Gasteiger partial charge on any atom is -0.550 e. The molecule has 0 N–H and O–H groups in total. The van der Waals surface area contributed by atoms with E-state index in [4.69, 9.17) is 4.74 Å². The molecule has 118 valence electrons. The van der Waals surface area contributed by atoms with Crippen molar-refractivity contribution in [3.05, 3.63) is 29.8 Å². The lowest BCUT2D eigenvalue weighted by atomic mass is 10.1. The number of carbonyl (C=O) groups is 3. The molecule has 0 spiro atoms. The molecule has 0 unspecified atom stereocenters. The maximum absolute atomic E-state index is 11.8. The van der Waals surface area contributed by atoms with E-state index in [1.54, 1.807) is 24.3 Å². The van der Waals surface area contributed by atoms with Gasteiger partial charge in [-0.05, 0) is 30.7 Å². The molecule has 6 nitrogen and oxygen atoms in total. The zero-order valence-corrected chi connectivity index (χ0v) is 12.4. The summed E-state index contributed by atoms with van der Waals surface area (Å²) in [5, 5.41) is 10.8. The monoisotopic (exact) mass is 304 g/mol. The molecule has 1 amide bonds. The number of esters is 1. The van der Waals surface area contributed by atoms with Gasteiger partial charge in [-0.25, -0.2) is 4.79 Å². The topological polar surface area (TPSA) is 86.7 Å². The molecule has 0 saturated carbocycles. The Morgan fingerprint density at radius 3 is 2.55 bits per heavy atom. The predicted molar refractivity (Wildman–Crippen MR) is 77.1 cm³/mol. The first-order valence-corrected chi connectivity index (χ1v) is 7.31. The van der Waals surface area contributed by atoms with E-state index in [0.29, 0.717) is 17.9 Å². The van der Waals surface area contributed by atoms with Crippen LogP contribution in [0.1, 0.15) is 36.5 Å². The largest absolute Gasteiger partial charge is 0.550 e. The van der Waals surface area contributed by atoms with E-state index in [1.807, 2.05) is 6.92 Å². The molecule has 1 saturated heterocycles. The van der Waals surface area contributed by atoms with Crippen LogP contribution < -0.4 is 10.0 Å². The molecular weight excluding hydrogens is 286 g/mol. The molecule has 1 heterocycles. The normalized spacial score (nSPS) is 17.6. The molecule has 1 aliphatic heterocycles. The predicted octanol–water partition coefficient (Wildman–Crippen LogP) is 0.746. The van der Waals surface area contributed by atoms with E-state index in [-0.39, 0.29) is 18.9 Å². The van der Waals surface area contributed by atoms with Gasteiger partial charge in [0, 0.05) is 30.5 Å². The van der Waals surface area contributed by atoms with Crippen molar-refractivity contribution >= 4 is 23.5 Å². The van der Waals surface area contributed by atoms with Crippen molar-refractivity contribution in [2.75, 3.05) is 18.1 Å². The Balaban J connectivity index is 2.01. The quantitative estimate of drug-likeness (QED) is 0.571. The van der Waals surface area contributed by atoms with Crippen molar-refractivity contribution in [3.63, 3.8) is 0 Å². The third-order valence-corrected chi connectivity index (χ3v) is 3.60. The Labute approximate surface area is 128 Å². The summed E-state index contributed by atoms with van der Waals surface area (Å²) in [5.74, 6) is -2.66. The van der Waals surface area contributed by atoms with Crippen LogP contribution in [0.2, 0.25) is 0 Å². The maximum Gasteiger partial charge on any atom is 0.338 e. The number of amides is 1. The Bertz CT molecular complexity index is 566. The van der Waals surface area contributed by atoms with Gasteiger partial charge in [0.25, 0.3) is 0 Å². The fourth-order valence-corrected chi connectivity index (χ4v) is 2.28. The Hall–Kier alpha value is -2.37. The van der Waals surface area contributed by atoms with Gasteiger partial charge in [0.05, 0.1) is 12.2 Å². The number of carboxylic acid groups (broad SMARTS) is 1. The summed E-state index contributed by atoms with van der Waals surface area (Å²) in [4.78, 5) is 35.8. The molecule has 0 aromatic heterocycles. The molecule has 0 aliphatic carbocycles. The second kappa shape index (κ2) is 7.06. The molecule has 1 aliphatic rings. The number of unbranched alkanes of at least 4 members (excludes halogenated alkanes) is 1. The number of rotatable bonds is 6. The van der Waals surface area contributed by atoms with Crippen LogP contribution in [-0.2, 0) is 14.3 Å². The van der Waals surface area contributed by atoms with Crippen LogP contribution in [0.5, 0.6) is 0 Å². The zero-order chi connectivity index (χ0) is 16.1. The van der Waals surface area contributed by atoms with Crippen LogP contribution in [0.4, 0.5) is 5.69 Å². The van der Waals surface area contributed by atoms with Crippen LogP contribution in [0.15, 0.2) is 24.3 Å². The Kier molecular flexibility index (Phi) is 5.14. The average Bonchev–Trinajstić information content (AvgIpc) is 2.90. The summed E-state index contributed by atoms with van der Waals surface area (Å²) in [5.41, 5.74) is 0.974. The number of anilines is 1. The van der Waals surface area contributed by atoms with Gasteiger partial charge in [-0.1, -0.05) is 13.3 Å². The number of hydrogen-bond donors (Lipinski definition) is 0. The van der Waals surface area contributed by atoms with E-state index in [1.165, 1.54) is 4.90 Å². The first kappa shape index (κ1) is 16.0. The van der Waals surface area contributed by atoms with Crippen molar-refractivity contribution in [1.29, 1.82) is 0 Å². The van der Waals surface area contributed by atoms with Crippen LogP contribution >= 0.6 is 0 Å². The van der Waals surface area contributed by atoms with Crippen LogP contribution in [0.3, 0.4) is 0 Å². The van der Waals surface area contributed by atoms with Crippen LogP contribution in [0, 0.1) is 5.92 Å². The maximum atomic E-state index is 11.8. The van der Waals surface area contributed by atoms with Gasteiger partial charge in [-0.3, -0.25) is 4.79 Å². The first-order chi connectivity index (χ1) is 10.5. The first-order valence-electron chi connectivity index (χ1n) is 7.31. The Morgan fingerprint density at radius 1 is 1.32 bits per heavy atom. The zero-order valence-electron chi connectivity index (χ0n) is 12.4. The molecule has 6 heteroatoms. The highest BCUT2D eigenvalue weighted by Gasteiger charge is 2.31. The summed E-state index contributed by atoms with van der Waals surface area (Å²) in [6, 6.07) is 6.38. The number of carboxylic acids is 1. The van der Waals surface area contributed by atoms with Gasteiger partial charge in [0.2, 0.25) is 5.91 Å². The lowest BCUT2D eigenvalue weighted by Crippen LogP contribution is -2.33. The van der Waals surface area contributed by atoms with E-state index < -0.39 is 17.9 Å². The summed E-state index contributed by atoms with van der Waals surface area (Å²) in [6.45, 7) is 2.49. The molecule has 1 fully saturated rings. The van der Waals surface area contributed by atoms with Crippen molar-refractivity contribution in [2.24, 2.45) is 5.92 Å². The van der Waals surface area contributed by atoms with E-state index >= 15 is 0 Å². The second-order valence-electron chi connectivity index (χ2n) is 5.26. The van der Waals surface area contributed by atoms with Gasteiger partial charge in [0.15, 0.2) is 0 Å². The van der Waals surface area contributed by atoms with Gasteiger partial charge >= 0.3 is 5.97 Å². The number of hydrogen-bond acceptors (Lipinski definition) is 5. The lowest BCUT2D eigenvalue weighted by molar-refractivity contribution is -0.310. The van der Waals surface area contributed by atoms with E-state index in [2.05, 4.69) is 0 Å². The highest BCUT2D eigenvalue weighted by molar-refractivity contribution is 5.99. The number of carbonyl (C=O) groups excluding carboxylic acids is 3. The van der Waals surface area contributed by atoms with Gasteiger partial charge in [0.1, 0.15) is 0 Å². The fourth-order valence-electron chi connectivity index (χ4n) is 2.28. The van der Waals surface area contributed by atoms with E-state index in [9.17, 15) is 19.5 Å². The molecular formula is C16H18NO5-. The third-order valence-electron chi connectivity index (χ3n) is 3.60. The summed E-state index contributed by atoms with van der Waals surface area (Å²) in [7, 11) is 0. The standard InChI is InChI=1S/C16H19NO5/c1-2-3-8-22-16(21)11-4-6-13(7-5-11)17-10-12(15(19)20)9-14(17)18/h4-7,12H,2-3,8-10H2,1H3,(H,19,20)/p-1/t12-/m0/s1. The molecule has 0 bridgehead atoms. The molecule has 1 aromatic carbocycles. The third kappa shape index (κ3) is 3.63. The van der Waals surface area contributed by atoms with Crippen molar-refractivity contribution < 1.29 is 24.2 Å². The van der Waals surface area contributed by atoms with Gasteiger partial charge in [-0.2, -0.15) is 0 Å². The van der Waals surface area contributed by atoms with Crippen LogP contribution in [0.25, 0.3) is 0 Å². The number of nitrogens with zero attached hydrogens (tertiary/aromatic N) is 1. The van der Waals surface area contributed by atoms with Crippen molar-refractivity contribution in [1.82, 2.24) is 0 Å².